The van der Waals surface area contributed by atoms with E-state index >= 15 is 0 Å². The van der Waals surface area contributed by atoms with Crippen LogP contribution in [0.2, 0.25) is 0 Å². The summed E-state index contributed by atoms with van der Waals surface area (Å²) in [5.41, 5.74) is 1.57. The lowest BCUT2D eigenvalue weighted by atomic mass is 10.1. The highest BCUT2D eigenvalue weighted by Crippen LogP contribution is 2.20. The molecule has 0 atom stereocenters. The monoisotopic (exact) mass is 309 g/mol. The first-order valence-corrected chi connectivity index (χ1v) is 8.53. The van der Waals surface area contributed by atoms with Gasteiger partial charge >= 0.3 is 0 Å². The number of sulfonamides is 1. The Hall–Kier alpha value is -1.62. The third kappa shape index (κ3) is 3.94. The minimum absolute atomic E-state index is 0.517. The van der Waals surface area contributed by atoms with Gasteiger partial charge in [0.25, 0.3) is 0 Å². The van der Waals surface area contributed by atoms with Crippen molar-refractivity contribution in [2.45, 2.75) is 6.54 Å². The van der Waals surface area contributed by atoms with E-state index in [1.165, 1.54) is 10.6 Å². The summed E-state index contributed by atoms with van der Waals surface area (Å²) >= 11 is 0. The normalized spacial score (nSPS) is 17.4. The number of rotatable bonds is 4. The Morgan fingerprint density at radius 2 is 1.95 bits per heavy atom. The van der Waals surface area contributed by atoms with E-state index in [4.69, 9.17) is 10.00 Å². The largest absolute Gasteiger partial charge is 0.495 e. The summed E-state index contributed by atoms with van der Waals surface area (Å²) in [6.45, 7) is 3.17. The van der Waals surface area contributed by atoms with Crippen LogP contribution in [0.25, 0.3) is 0 Å². The highest BCUT2D eigenvalue weighted by atomic mass is 32.2. The van der Waals surface area contributed by atoms with E-state index < -0.39 is 10.0 Å². The van der Waals surface area contributed by atoms with Crippen LogP contribution >= 0.6 is 0 Å². The first kappa shape index (κ1) is 15.8. The summed E-state index contributed by atoms with van der Waals surface area (Å²) in [5.74, 6) is 0.574. The van der Waals surface area contributed by atoms with E-state index in [0.717, 1.165) is 12.1 Å². The van der Waals surface area contributed by atoms with E-state index in [1.54, 1.807) is 13.2 Å². The lowest BCUT2D eigenvalue weighted by molar-refractivity contribution is 0.182. The molecule has 0 aliphatic carbocycles. The molecule has 1 heterocycles. The lowest BCUT2D eigenvalue weighted by Gasteiger charge is -2.33. The number of hydrogen-bond donors (Lipinski definition) is 0. The third-order valence-corrected chi connectivity index (χ3v) is 4.90. The fraction of sp³-hybridized carbons (Fsp3) is 0.500. The van der Waals surface area contributed by atoms with E-state index in [0.29, 0.717) is 37.5 Å². The van der Waals surface area contributed by atoms with Crippen molar-refractivity contribution in [2.24, 2.45) is 0 Å². The van der Waals surface area contributed by atoms with Crippen LogP contribution in [-0.2, 0) is 16.6 Å². The van der Waals surface area contributed by atoms with Crippen molar-refractivity contribution >= 4 is 10.0 Å². The highest BCUT2D eigenvalue weighted by molar-refractivity contribution is 7.88. The minimum Gasteiger partial charge on any atom is -0.495 e. The first-order chi connectivity index (χ1) is 9.94. The summed E-state index contributed by atoms with van der Waals surface area (Å²) in [5, 5.41) is 8.96. The van der Waals surface area contributed by atoms with Gasteiger partial charge in [-0.25, -0.2) is 8.42 Å². The first-order valence-electron chi connectivity index (χ1n) is 6.68. The summed E-state index contributed by atoms with van der Waals surface area (Å²) in [6.07, 6.45) is 1.24. The number of nitrogens with zero attached hydrogens (tertiary/aromatic N) is 3. The number of hydrogen-bond acceptors (Lipinski definition) is 5. The van der Waals surface area contributed by atoms with Crippen LogP contribution in [-0.4, -0.2) is 57.2 Å². The van der Waals surface area contributed by atoms with Gasteiger partial charge in [-0.15, -0.1) is 0 Å². The molecular weight excluding hydrogens is 290 g/mol. The van der Waals surface area contributed by atoms with Gasteiger partial charge in [0.1, 0.15) is 11.8 Å². The molecule has 0 N–H and O–H groups in total. The molecule has 0 saturated carbocycles. The predicted octanol–water partition coefficient (Wildman–Crippen LogP) is 0.644. The van der Waals surface area contributed by atoms with Gasteiger partial charge in [0, 0.05) is 32.7 Å². The van der Waals surface area contributed by atoms with Crippen molar-refractivity contribution < 1.29 is 13.2 Å². The molecule has 0 unspecified atom stereocenters. The maximum Gasteiger partial charge on any atom is 0.211 e. The summed E-state index contributed by atoms with van der Waals surface area (Å²) in [6, 6.07) is 7.61. The van der Waals surface area contributed by atoms with Crippen LogP contribution in [0.1, 0.15) is 11.1 Å². The zero-order valence-electron chi connectivity index (χ0n) is 12.2. The predicted molar refractivity (Wildman–Crippen MR) is 79.4 cm³/mol. The number of piperazine rings is 1. The molecule has 6 nitrogen and oxygen atoms in total. The Morgan fingerprint density at radius 1 is 1.29 bits per heavy atom. The molecule has 2 rings (SSSR count). The lowest BCUT2D eigenvalue weighted by Crippen LogP contribution is -2.47. The molecule has 1 aromatic carbocycles. The second-order valence-corrected chi connectivity index (χ2v) is 7.07. The molecule has 0 spiro atoms. The maximum absolute atomic E-state index is 11.5. The van der Waals surface area contributed by atoms with Gasteiger partial charge in [-0.05, 0) is 17.7 Å². The molecule has 1 aliphatic heterocycles. The second kappa shape index (κ2) is 6.43. The van der Waals surface area contributed by atoms with Gasteiger partial charge in [-0.1, -0.05) is 6.07 Å². The van der Waals surface area contributed by atoms with E-state index in [1.807, 2.05) is 12.1 Å². The van der Waals surface area contributed by atoms with Gasteiger partial charge in [0.2, 0.25) is 10.0 Å². The molecule has 1 fully saturated rings. The Balaban J connectivity index is 2.00. The summed E-state index contributed by atoms with van der Waals surface area (Å²) in [4.78, 5) is 2.20. The molecule has 0 amide bonds. The Morgan fingerprint density at radius 3 is 2.48 bits per heavy atom. The molecule has 1 aliphatic rings. The molecule has 114 valence electrons. The topological polar surface area (TPSA) is 73.6 Å². The van der Waals surface area contributed by atoms with Crippen molar-refractivity contribution in [1.29, 1.82) is 5.26 Å². The fourth-order valence-electron chi connectivity index (χ4n) is 2.40. The van der Waals surface area contributed by atoms with Crippen molar-refractivity contribution in [3.63, 3.8) is 0 Å². The average molecular weight is 309 g/mol. The van der Waals surface area contributed by atoms with E-state index in [9.17, 15) is 8.42 Å². The van der Waals surface area contributed by atoms with Crippen LogP contribution in [0.15, 0.2) is 18.2 Å². The van der Waals surface area contributed by atoms with Crippen molar-refractivity contribution in [2.75, 3.05) is 39.5 Å². The van der Waals surface area contributed by atoms with Crippen molar-refractivity contribution in [3.05, 3.63) is 29.3 Å². The van der Waals surface area contributed by atoms with E-state index in [2.05, 4.69) is 11.0 Å². The number of nitriles is 1. The number of benzene rings is 1. The average Bonchev–Trinajstić information content (AvgIpc) is 2.46. The van der Waals surface area contributed by atoms with E-state index in [-0.39, 0.29) is 0 Å². The second-order valence-electron chi connectivity index (χ2n) is 5.08. The Labute approximate surface area is 125 Å². The molecule has 7 heteroatoms. The van der Waals surface area contributed by atoms with Crippen molar-refractivity contribution in [1.82, 2.24) is 9.21 Å². The van der Waals surface area contributed by atoms with Gasteiger partial charge < -0.3 is 4.74 Å². The molecule has 0 aromatic heterocycles. The molecule has 21 heavy (non-hydrogen) atoms. The highest BCUT2D eigenvalue weighted by Gasteiger charge is 2.23. The van der Waals surface area contributed by atoms with Crippen LogP contribution in [0.4, 0.5) is 0 Å². The SMILES string of the molecule is COc1cc(CN2CCN(S(C)(=O)=O)CC2)ccc1C#N. The van der Waals surface area contributed by atoms with Gasteiger partial charge in [-0.2, -0.15) is 9.57 Å². The van der Waals surface area contributed by atoms with Gasteiger partial charge in [-0.3, -0.25) is 4.90 Å². The molecule has 0 radical (unpaired) electrons. The Bertz CT molecular complexity index is 644. The zero-order chi connectivity index (χ0) is 15.5. The van der Waals surface area contributed by atoms with Gasteiger partial charge in [0.05, 0.1) is 18.9 Å². The standard InChI is InChI=1S/C14H19N3O3S/c1-20-14-9-12(3-4-13(14)10-15)11-16-5-7-17(8-6-16)21(2,18)19/h3-4,9H,5-8,11H2,1-2H3. The fourth-order valence-corrected chi connectivity index (χ4v) is 3.23. The minimum atomic E-state index is -3.09. The van der Waals surface area contributed by atoms with Crippen LogP contribution in [0, 0.1) is 11.3 Å². The van der Waals surface area contributed by atoms with Crippen LogP contribution in [0.3, 0.4) is 0 Å². The molecule has 1 aromatic rings. The van der Waals surface area contributed by atoms with Crippen LogP contribution in [0.5, 0.6) is 5.75 Å². The summed E-state index contributed by atoms with van der Waals surface area (Å²) < 4.78 is 29.6. The third-order valence-electron chi connectivity index (χ3n) is 3.59. The zero-order valence-corrected chi connectivity index (χ0v) is 13.1. The quantitative estimate of drug-likeness (QED) is 0.816. The van der Waals surface area contributed by atoms with Crippen LogP contribution < -0.4 is 4.74 Å². The molecule has 1 saturated heterocycles. The molecule has 0 bridgehead atoms. The number of ether oxygens (including phenoxy) is 1. The summed E-state index contributed by atoms with van der Waals surface area (Å²) in [7, 11) is -1.54. The molecular formula is C14H19N3O3S. The smallest absolute Gasteiger partial charge is 0.211 e. The Kier molecular flexibility index (Phi) is 4.83. The van der Waals surface area contributed by atoms with Crippen molar-refractivity contribution in [3.8, 4) is 11.8 Å². The number of methoxy groups -OCH3 is 1. The maximum atomic E-state index is 11.5. The van der Waals surface area contributed by atoms with Gasteiger partial charge in [0.15, 0.2) is 0 Å².